The van der Waals surface area contributed by atoms with Gasteiger partial charge in [-0.1, -0.05) is 74.0 Å². The van der Waals surface area contributed by atoms with E-state index >= 15 is 0 Å². The smallest absolute Gasteiger partial charge is 0.159 e. The SMILES string of the molecule is CCCc1ccc(-c2ccc(-c3ccc4cc(F)c(F)cc4c3)cc2)cc1. The van der Waals surface area contributed by atoms with E-state index in [4.69, 9.17) is 0 Å². The zero-order valence-corrected chi connectivity index (χ0v) is 15.2. The normalized spacial score (nSPS) is 11.1. The Morgan fingerprint density at radius 1 is 0.556 bits per heavy atom. The molecule has 0 radical (unpaired) electrons. The second-order valence-corrected chi connectivity index (χ2v) is 6.85. The molecule has 0 bridgehead atoms. The highest BCUT2D eigenvalue weighted by molar-refractivity contribution is 5.87. The molecule has 0 aliphatic heterocycles. The van der Waals surface area contributed by atoms with Gasteiger partial charge in [-0.2, -0.15) is 0 Å². The molecule has 0 saturated heterocycles. The van der Waals surface area contributed by atoms with Gasteiger partial charge in [0.15, 0.2) is 11.6 Å². The van der Waals surface area contributed by atoms with Gasteiger partial charge in [0.25, 0.3) is 0 Å². The van der Waals surface area contributed by atoms with Crippen molar-refractivity contribution >= 4 is 10.8 Å². The summed E-state index contributed by atoms with van der Waals surface area (Å²) in [6, 6.07) is 25.2. The quantitative estimate of drug-likeness (QED) is 0.356. The standard InChI is InChI=1S/C25H20F2/c1-2-3-17-4-6-18(7-5-17)19-8-10-20(11-9-19)21-12-13-22-15-24(26)25(27)16-23(22)14-21/h4-16H,2-3H2,1H3. The summed E-state index contributed by atoms with van der Waals surface area (Å²) in [6.07, 6.45) is 2.25. The molecule has 0 aliphatic carbocycles. The minimum Gasteiger partial charge on any atom is -0.204 e. The van der Waals surface area contributed by atoms with Gasteiger partial charge in [-0.3, -0.25) is 0 Å². The van der Waals surface area contributed by atoms with E-state index in [1.54, 1.807) is 0 Å². The molecule has 0 fully saturated rings. The van der Waals surface area contributed by atoms with Crippen LogP contribution in [0.5, 0.6) is 0 Å². The molecule has 0 amide bonds. The number of halogens is 2. The van der Waals surface area contributed by atoms with E-state index in [1.165, 1.54) is 23.3 Å². The number of fused-ring (bicyclic) bond motifs is 1. The van der Waals surface area contributed by atoms with Crippen molar-refractivity contribution in [2.24, 2.45) is 0 Å². The van der Waals surface area contributed by atoms with E-state index in [1.807, 2.05) is 18.2 Å². The van der Waals surface area contributed by atoms with Crippen LogP contribution in [0, 0.1) is 11.6 Å². The molecule has 0 saturated carbocycles. The van der Waals surface area contributed by atoms with Crippen molar-refractivity contribution in [3.05, 3.63) is 96.1 Å². The second kappa shape index (κ2) is 7.32. The minimum atomic E-state index is -0.818. The molecule has 0 nitrogen and oxygen atoms in total. The van der Waals surface area contributed by atoms with Gasteiger partial charge in [0.2, 0.25) is 0 Å². The van der Waals surface area contributed by atoms with Crippen LogP contribution in [0.3, 0.4) is 0 Å². The third-order valence-corrected chi connectivity index (χ3v) is 4.92. The molecular formula is C25H20F2. The van der Waals surface area contributed by atoms with Crippen LogP contribution in [0.25, 0.3) is 33.0 Å². The summed E-state index contributed by atoms with van der Waals surface area (Å²) in [7, 11) is 0. The van der Waals surface area contributed by atoms with E-state index in [9.17, 15) is 8.78 Å². The maximum atomic E-state index is 13.5. The van der Waals surface area contributed by atoms with Crippen molar-refractivity contribution in [2.45, 2.75) is 19.8 Å². The molecule has 4 aromatic rings. The monoisotopic (exact) mass is 358 g/mol. The van der Waals surface area contributed by atoms with Gasteiger partial charge in [0, 0.05) is 0 Å². The van der Waals surface area contributed by atoms with Crippen molar-refractivity contribution in [3.8, 4) is 22.3 Å². The maximum absolute atomic E-state index is 13.5. The van der Waals surface area contributed by atoms with Gasteiger partial charge in [0.1, 0.15) is 0 Å². The summed E-state index contributed by atoms with van der Waals surface area (Å²) in [5.41, 5.74) is 5.75. The fourth-order valence-electron chi connectivity index (χ4n) is 3.43. The van der Waals surface area contributed by atoms with Crippen LogP contribution in [0.4, 0.5) is 8.78 Å². The lowest BCUT2D eigenvalue weighted by atomic mass is 9.97. The van der Waals surface area contributed by atoms with Crippen LogP contribution in [-0.2, 0) is 6.42 Å². The average molecular weight is 358 g/mol. The van der Waals surface area contributed by atoms with Crippen LogP contribution in [0.15, 0.2) is 78.9 Å². The highest BCUT2D eigenvalue weighted by Gasteiger charge is 2.06. The lowest BCUT2D eigenvalue weighted by Crippen LogP contribution is -1.86. The summed E-state index contributed by atoms with van der Waals surface area (Å²) in [5.74, 6) is -1.63. The molecule has 0 atom stereocenters. The van der Waals surface area contributed by atoms with Crippen LogP contribution in [-0.4, -0.2) is 0 Å². The van der Waals surface area contributed by atoms with Crippen molar-refractivity contribution < 1.29 is 8.78 Å². The van der Waals surface area contributed by atoms with Gasteiger partial charge >= 0.3 is 0 Å². The van der Waals surface area contributed by atoms with Crippen molar-refractivity contribution in [1.29, 1.82) is 0 Å². The van der Waals surface area contributed by atoms with Gasteiger partial charge in [-0.05, 0) is 63.2 Å². The van der Waals surface area contributed by atoms with Crippen LogP contribution >= 0.6 is 0 Å². The Hall–Kier alpha value is -3.00. The third-order valence-electron chi connectivity index (χ3n) is 4.92. The third kappa shape index (κ3) is 3.61. The number of aryl methyl sites for hydroxylation is 1. The number of hydrogen-bond donors (Lipinski definition) is 0. The molecule has 0 spiro atoms. The first-order valence-electron chi connectivity index (χ1n) is 9.22. The Kier molecular flexibility index (Phi) is 4.72. The Morgan fingerprint density at radius 3 is 1.63 bits per heavy atom. The molecule has 134 valence electrons. The molecule has 0 aliphatic rings. The summed E-state index contributed by atoms with van der Waals surface area (Å²) < 4.78 is 26.9. The summed E-state index contributed by atoms with van der Waals surface area (Å²) in [6.45, 7) is 2.18. The number of rotatable bonds is 4. The zero-order valence-electron chi connectivity index (χ0n) is 15.2. The maximum Gasteiger partial charge on any atom is 0.159 e. The molecule has 4 aromatic carbocycles. The Bertz CT molecular complexity index is 1080. The first-order chi connectivity index (χ1) is 13.1. The second-order valence-electron chi connectivity index (χ2n) is 6.85. The Balaban J connectivity index is 1.63. The summed E-state index contributed by atoms with van der Waals surface area (Å²) >= 11 is 0. The molecule has 27 heavy (non-hydrogen) atoms. The predicted molar refractivity (Wildman–Crippen MR) is 109 cm³/mol. The molecule has 0 N–H and O–H groups in total. The van der Waals surface area contributed by atoms with E-state index in [0.717, 1.165) is 29.5 Å². The Morgan fingerprint density at radius 2 is 1.04 bits per heavy atom. The topological polar surface area (TPSA) is 0 Å². The van der Waals surface area contributed by atoms with Gasteiger partial charge in [-0.15, -0.1) is 0 Å². The minimum absolute atomic E-state index is 0.696. The van der Waals surface area contributed by atoms with E-state index < -0.39 is 11.6 Å². The fraction of sp³-hybridized carbons (Fsp3) is 0.120. The molecule has 0 unspecified atom stereocenters. The van der Waals surface area contributed by atoms with Crippen molar-refractivity contribution in [2.75, 3.05) is 0 Å². The average Bonchev–Trinajstić information content (AvgIpc) is 2.70. The summed E-state index contributed by atoms with van der Waals surface area (Å²) in [5, 5.41) is 1.39. The van der Waals surface area contributed by atoms with Crippen LogP contribution in [0.2, 0.25) is 0 Å². The van der Waals surface area contributed by atoms with E-state index in [2.05, 4.69) is 55.5 Å². The predicted octanol–water partition coefficient (Wildman–Crippen LogP) is 7.40. The fourth-order valence-corrected chi connectivity index (χ4v) is 3.43. The molecule has 0 aromatic heterocycles. The molecule has 4 rings (SSSR count). The lowest BCUT2D eigenvalue weighted by molar-refractivity contribution is 0.511. The van der Waals surface area contributed by atoms with Crippen molar-refractivity contribution in [1.82, 2.24) is 0 Å². The lowest BCUT2D eigenvalue weighted by Gasteiger charge is -2.08. The van der Waals surface area contributed by atoms with E-state index in [-0.39, 0.29) is 0 Å². The zero-order chi connectivity index (χ0) is 18.8. The van der Waals surface area contributed by atoms with Crippen LogP contribution in [0.1, 0.15) is 18.9 Å². The van der Waals surface area contributed by atoms with Gasteiger partial charge in [0.05, 0.1) is 0 Å². The molecular weight excluding hydrogens is 338 g/mol. The van der Waals surface area contributed by atoms with Crippen molar-refractivity contribution in [3.63, 3.8) is 0 Å². The van der Waals surface area contributed by atoms with Gasteiger partial charge < -0.3 is 0 Å². The number of benzene rings is 4. The highest BCUT2D eigenvalue weighted by atomic mass is 19.2. The highest BCUT2D eigenvalue weighted by Crippen LogP contribution is 2.28. The summed E-state index contributed by atoms with van der Waals surface area (Å²) in [4.78, 5) is 0. The first kappa shape index (κ1) is 17.4. The van der Waals surface area contributed by atoms with E-state index in [0.29, 0.717) is 10.8 Å². The molecule has 2 heteroatoms. The largest absolute Gasteiger partial charge is 0.204 e. The van der Waals surface area contributed by atoms with Crippen LogP contribution < -0.4 is 0 Å². The Labute approximate surface area is 158 Å². The molecule has 0 heterocycles. The van der Waals surface area contributed by atoms with Gasteiger partial charge in [-0.25, -0.2) is 8.78 Å². The first-order valence-corrected chi connectivity index (χ1v) is 9.22. The number of hydrogen-bond acceptors (Lipinski definition) is 0.